The molecule has 1 aromatic carbocycles. The zero-order valence-electron chi connectivity index (χ0n) is 9.07. The number of hydrogen-bond acceptors (Lipinski definition) is 1. The lowest BCUT2D eigenvalue weighted by Crippen LogP contribution is -2.25. The summed E-state index contributed by atoms with van der Waals surface area (Å²) in [5.74, 6) is -1.88. The van der Waals surface area contributed by atoms with Crippen LogP contribution in [-0.2, 0) is 6.18 Å². The Morgan fingerprint density at radius 3 is 2.47 bits per heavy atom. The summed E-state index contributed by atoms with van der Waals surface area (Å²) >= 11 is 0. The molecule has 94 valence electrons. The van der Waals surface area contributed by atoms with Gasteiger partial charge in [-0.3, -0.25) is 4.79 Å². The number of rotatable bonds is 3. The minimum atomic E-state index is -4.61. The molecule has 0 radical (unpaired) electrons. The zero-order valence-corrected chi connectivity index (χ0v) is 9.07. The highest BCUT2D eigenvalue weighted by molar-refractivity contribution is 5.94. The standard InChI is InChI=1S/C11H11F4NO/c1-2-5-16-10(17)8-4-3-7(6-9(8)12)11(13,14)15/h3-4,6H,2,5H2,1H3,(H,16,17). The number of amides is 1. The van der Waals surface area contributed by atoms with E-state index < -0.39 is 23.5 Å². The number of carbonyl (C=O) groups is 1. The highest BCUT2D eigenvalue weighted by Gasteiger charge is 2.31. The van der Waals surface area contributed by atoms with Gasteiger partial charge in [0.1, 0.15) is 5.82 Å². The molecule has 0 aromatic heterocycles. The van der Waals surface area contributed by atoms with Crippen molar-refractivity contribution in [2.75, 3.05) is 6.54 Å². The van der Waals surface area contributed by atoms with Crippen LogP contribution in [0.3, 0.4) is 0 Å². The van der Waals surface area contributed by atoms with Crippen molar-refractivity contribution in [3.8, 4) is 0 Å². The van der Waals surface area contributed by atoms with Crippen LogP contribution in [0.1, 0.15) is 29.3 Å². The Morgan fingerprint density at radius 2 is 2.00 bits per heavy atom. The van der Waals surface area contributed by atoms with E-state index in [4.69, 9.17) is 0 Å². The van der Waals surface area contributed by atoms with E-state index in [-0.39, 0.29) is 5.56 Å². The van der Waals surface area contributed by atoms with E-state index in [1.807, 2.05) is 6.92 Å². The van der Waals surface area contributed by atoms with Gasteiger partial charge < -0.3 is 5.32 Å². The minimum Gasteiger partial charge on any atom is -0.352 e. The molecule has 0 aliphatic rings. The molecule has 0 aliphatic heterocycles. The van der Waals surface area contributed by atoms with Crippen LogP contribution in [0.2, 0.25) is 0 Å². The second-order valence-electron chi connectivity index (χ2n) is 3.45. The van der Waals surface area contributed by atoms with Gasteiger partial charge in [0.15, 0.2) is 0 Å². The Kier molecular flexibility index (Phi) is 4.09. The molecular weight excluding hydrogens is 238 g/mol. The monoisotopic (exact) mass is 249 g/mol. The number of carbonyl (C=O) groups excluding carboxylic acids is 1. The lowest BCUT2D eigenvalue weighted by molar-refractivity contribution is -0.137. The molecule has 1 rings (SSSR count). The van der Waals surface area contributed by atoms with E-state index in [0.29, 0.717) is 25.1 Å². The summed E-state index contributed by atoms with van der Waals surface area (Å²) in [6.45, 7) is 2.16. The number of halogens is 4. The largest absolute Gasteiger partial charge is 0.416 e. The highest BCUT2D eigenvalue weighted by atomic mass is 19.4. The van der Waals surface area contributed by atoms with Crippen LogP contribution in [0, 0.1) is 5.82 Å². The second kappa shape index (κ2) is 5.16. The maximum Gasteiger partial charge on any atom is 0.416 e. The fourth-order valence-electron chi connectivity index (χ4n) is 1.21. The van der Waals surface area contributed by atoms with E-state index in [9.17, 15) is 22.4 Å². The van der Waals surface area contributed by atoms with Crippen LogP contribution in [0.25, 0.3) is 0 Å². The van der Waals surface area contributed by atoms with Gasteiger partial charge in [-0.05, 0) is 24.6 Å². The first-order chi connectivity index (χ1) is 7.86. The molecule has 6 heteroatoms. The average Bonchev–Trinajstić information content (AvgIpc) is 2.24. The molecule has 0 aliphatic carbocycles. The van der Waals surface area contributed by atoms with E-state index in [1.54, 1.807) is 0 Å². The maximum absolute atomic E-state index is 13.3. The molecular formula is C11H11F4NO. The van der Waals surface area contributed by atoms with Crippen molar-refractivity contribution in [1.29, 1.82) is 0 Å². The molecule has 0 atom stereocenters. The van der Waals surface area contributed by atoms with Gasteiger partial charge in [-0.1, -0.05) is 6.92 Å². The van der Waals surface area contributed by atoms with Crippen molar-refractivity contribution in [3.05, 3.63) is 35.1 Å². The zero-order chi connectivity index (χ0) is 13.1. The number of nitrogens with one attached hydrogen (secondary N) is 1. The van der Waals surface area contributed by atoms with Crippen molar-refractivity contribution in [1.82, 2.24) is 5.32 Å². The first-order valence-corrected chi connectivity index (χ1v) is 5.01. The second-order valence-corrected chi connectivity index (χ2v) is 3.45. The molecule has 2 nitrogen and oxygen atoms in total. The molecule has 0 fully saturated rings. The van der Waals surface area contributed by atoms with Crippen molar-refractivity contribution < 1.29 is 22.4 Å². The molecule has 0 saturated carbocycles. The maximum atomic E-state index is 13.3. The third-order valence-corrected chi connectivity index (χ3v) is 2.08. The summed E-state index contributed by atoms with van der Waals surface area (Å²) in [6, 6.07) is 1.84. The van der Waals surface area contributed by atoms with E-state index in [1.165, 1.54) is 0 Å². The van der Waals surface area contributed by atoms with Crippen molar-refractivity contribution in [2.24, 2.45) is 0 Å². The number of alkyl halides is 3. The molecule has 0 unspecified atom stereocenters. The fraction of sp³-hybridized carbons (Fsp3) is 0.364. The SMILES string of the molecule is CCCNC(=O)c1ccc(C(F)(F)F)cc1F. The van der Waals surface area contributed by atoms with Crippen LogP contribution in [0.15, 0.2) is 18.2 Å². The lowest BCUT2D eigenvalue weighted by Gasteiger charge is -2.09. The topological polar surface area (TPSA) is 29.1 Å². The fourth-order valence-corrected chi connectivity index (χ4v) is 1.21. The molecule has 1 N–H and O–H groups in total. The quantitative estimate of drug-likeness (QED) is 0.820. The molecule has 0 heterocycles. The van der Waals surface area contributed by atoms with Gasteiger partial charge in [0.25, 0.3) is 5.91 Å². The summed E-state index contributed by atoms with van der Waals surface area (Å²) in [7, 11) is 0. The molecule has 0 spiro atoms. The van der Waals surface area contributed by atoms with Gasteiger partial charge in [-0.25, -0.2) is 4.39 Å². The van der Waals surface area contributed by atoms with Gasteiger partial charge in [-0.15, -0.1) is 0 Å². The normalized spacial score (nSPS) is 11.4. The summed E-state index contributed by atoms with van der Waals surface area (Å²) < 4.78 is 50.0. The number of hydrogen-bond donors (Lipinski definition) is 1. The van der Waals surface area contributed by atoms with E-state index >= 15 is 0 Å². The van der Waals surface area contributed by atoms with Gasteiger partial charge in [0, 0.05) is 6.54 Å². The van der Waals surface area contributed by atoms with Crippen LogP contribution in [0.5, 0.6) is 0 Å². The predicted octanol–water partition coefficient (Wildman–Crippen LogP) is 2.98. The summed E-state index contributed by atoms with van der Waals surface area (Å²) in [5, 5.41) is 2.39. The Hall–Kier alpha value is -1.59. The van der Waals surface area contributed by atoms with Crippen molar-refractivity contribution in [3.63, 3.8) is 0 Å². The van der Waals surface area contributed by atoms with Crippen molar-refractivity contribution in [2.45, 2.75) is 19.5 Å². The minimum absolute atomic E-state index is 0.320. The Bertz CT molecular complexity index is 414. The van der Waals surface area contributed by atoms with Crippen LogP contribution in [0.4, 0.5) is 17.6 Å². The Balaban J connectivity index is 2.94. The first-order valence-electron chi connectivity index (χ1n) is 5.01. The predicted molar refractivity (Wildman–Crippen MR) is 54.0 cm³/mol. The van der Waals surface area contributed by atoms with Crippen molar-refractivity contribution >= 4 is 5.91 Å². The van der Waals surface area contributed by atoms with Gasteiger partial charge >= 0.3 is 6.18 Å². The molecule has 0 saturated heterocycles. The molecule has 17 heavy (non-hydrogen) atoms. The average molecular weight is 249 g/mol. The van der Waals surface area contributed by atoms with Crippen LogP contribution in [-0.4, -0.2) is 12.5 Å². The van der Waals surface area contributed by atoms with E-state index in [2.05, 4.69) is 5.32 Å². The Morgan fingerprint density at radius 1 is 1.35 bits per heavy atom. The molecule has 0 bridgehead atoms. The van der Waals surface area contributed by atoms with Gasteiger partial charge in [0.2, 0.25) is 0 Å². The lowest BCUT2D eigenvalue weighted by atomic mass is 10.1. The third-order valence-electron chi connectivity index (χ3n) is 2.08. The first kappa shape index (κ1) is 13.5. The Labute approximate surface area is 95.6 Å². The summed E-state index contributed by atoms with van der Waals surface area (Å²) in [5.41, 5.74) is -1.49. The summed E-state index contributed by atoms with van der Waals surface area (Å²) in [6.07, 6.45) is -3.95. The summed E-state index contributed by atoms with van der Waals surface area (Å²) in [4.78, 5) is 11.4. The van der Waals surface area contributed by atoms with Gasteiger partial charge in [-0.2, -0.15) is 13.2 Å². The van der Waals surface area contributed by atoms with E-state index in [0.717, 1.165) is 6.07 Å². The smallest absolute Gasteiger partial charge is 0.352 e. The molecule has 1 amide bonds. The van der Waals surface area contributed by atoms with Crippen LogP contribution >= 0.6 is 0 Å². The van der Waals surface area contributed by atoms with Crippen LogP contribution < -0.4 is 5.32 Å². The molecule has 1 aromatic rings. The third kappa shape index (κ3) is 3.44. The number of benzene rings is 1. The van der Waals surface area contributed by atoms with Gasteiger partial charge in [0.05, 0.1) is 11.1 Å². The highest BCUT2D eigenvalue weighted by Crippen LogP contribution is 2.30.